The van der Waals surface area contributed by atoms with Gasteiger partial charge in [0.25, 0.3) is 5.91 Å². The third-order valence-electron chi connectivity index (χ3n) is 2.89. The van der Waals surface area contributed by atoms with Gasteiger partial charge < -0.3 is 19.5 Å². The van der Waals surface area contributed by atoms with Gasteiger partial charge >= 0.3 is 0 Å². The summed E-state index contributed by atoms with van der Waals surface area (Å²) in [7, 11) is 4.74. The SMILES string of the molecule is COC[C@H](C)NC(=S)NNC(=O)/C=C/c1cc(OC)cc(OC)c1. The molecule has 7 nitrogen and oxygen atoms in total. The second kappa shape index (κ2) is 10.5. The average molecular weight is 353 g/mol. The highest BCUT2D eigenvalue weighted by molar-refractivity contribution is 7.80. The molecule has 0 aliphatic rings. The van der Waals surface area contributed by atoms with Crippen LogP contribution in [-0.4, -0.2) is 45.0 Å². The highest BCUT2D eigenvalue weighted by atomic mass is 32.1. The minimum absolute atomic E-state index is 0.0340. The molecule has 0 heterocycles. The summed E-state index contributed by atoms with van der Waals surface area (Å²) >= 11 is 5.06. The molecule has 1 aromatic rings. The van der Waals surface area contributed by atoms with Gasteiger partial charge in [0.2, 0.25) is 0 Å². The number of amides is 1. The lowest BCUT2D eigenvalue weighted by molar-refractivity contribution is -0.116. The summed E-state index contributed by atoms with van der Waals surface area (Å²) in [6.07, 6.45) is 3.02. The Morgan fingerprint density at radius 3 is 2.33 bits per heavy atom. The van der Waals surface area contributed by atoms with E-state index in [1.165, 1.54) is 6.08 Å². The molecule has 0 unspecified atom stereocenters. The third-order valence-corrected chi connectivity index (χ3v) is 3.11. The molecule has 3 N–H and O–H groups in total. The van der Waals surface area contributed by atoms with Gasteiger partial charge in [0.05, 0.1) is 20.8 Å². The van der Waals surface area contributed by atoms with E-state index in [0.29, 0.717) is 23.2 Å². The van der Waals surface area contributed by atoms with Gasteiger partial charge in [0.1, 0.15) is 11.5 Å². The molecule has 0 saturated carbocycles. The van der Waals surface area contributed by atoms with Crippen molar-refractivity contribution < 1.29 is 19.0 Å². The molecule has 0 saturated heterocycles. The normalized spacial score (nSPS) is 11.7. The van der Waals surface area contributed by atoms with Crippen molar-refractivity contribution in [3.63, 3.8) is 0 Å². The predicted octanol–water partition coefficient (Wildman–Crippen LogP) is 1.25. The molecule has 0 aliphatic heterocycles. The van der Waals surface area contributed by atoms with Crippen LogP contribution in [0.15, 0.2) is 24.3 Å². The van der Waals surface area contributed by atoms with E-state index in [1.807, 2.05) is 6.92 Å². The van der Waals surface area contributed by atoms with Gasteiger partial charge in [0.15, 0.2) is 5.11 Å². The molecule has 1 rings (SSSR count). The molecule has 1 atom stereocenters. The summed E-state index contributed by atoms with van der Waals surface area (Å²) in [6.45, 7) is 2.42. The number of nitrogens with one attached hydrogen (secondary N) is 3. The van der Waals surface area contributed by atoms with Crippen LogP contribution < -0.4 is 25.6 Å². The predicted molar refractivity (Wildman–Crippen MR) is 96.9 cm³/mol. The Morgan fingerprint density at radius 2 is 1.79 bits per heavy atom. The fourth-order valence-electron chi connectivity index (χ4n) is 1.81. The van der Waals surface area contributed by atoms with Crippen LogP contribution in [0.4, 0.5) is 0 Å². The smallest absolute Gasteiger partial charge is 0.262 e. The fraction of sp³-hybridized carbons (Fsp3) is 0.375. The molecular formula is C16H23N3O4S. The summed E-state index contributed by atoms with van der Waals surface area (Å²) in [5, 5.41) is 3.27. The highest BCUT2D eigenvalue weighted by Gasteiger charge is 2.04. The zero-order chi connectivity index (χ0) is 17.9. The lowest BCUT2D eigenvalue weighted by atomic mass is 10.2. The first-order valence-electron chi connectivity index (χ1n) is 7.25. The number of thiocarbonyl (C=S) groups is 1. The molecule has 1 aromatic carbocycles. The Bertz CT molecular complexity index is 570. The molecule has 24 heavy (non-hydrogen) atoms. The van der Waals surface area contributed by atoms with Crippen LogP contribution in [0.2, 0.25) is 0 Å². The van der Waals surface area contributed by atoms with E-state index in [-0.39, 0.29) is 11.9 Å². The van der Waals surface area contributed by atoms with Crippen molar-refractivity contribution in [3.05, 3.63) is 29.8 Å². The Balaban J connectivity index is 2.52. The van der Waals surface area contributed by atoms with Crippen LogP contribution in [0.25, 0.3) is 6.08 Å². The van der Waals surface area contributed by atoms with Crippen molar-refractivity contribution in [2.24, 2.45) is 0 Å². The zero-order valence-electron chi connectivity index (χ0n) is 14.2. The number of carbonyl (C=O) groups excluding carboxylic acids is 1. The van der Waals surface area contributed by atoms with Gasteiger partial charge in [-0.25, -0.2) is 0 Å². The molecular weight excluding hydrogens is 330 g/mol. The average Bonchev–Trinajstić information content (AvgIpc) is 2.57. The maximum atomic E-state index is 11.8. The first-order valence-corrected chi connectivity index (χ1v) is 7.66. The van der Waals surface area contributed by atoms with Crippen LogP contribution in [0.5, 0.6) is 11.5 Å². The summed E-state index contributed by atoms with van der Waals surface area (Å²) in [5.74, 6) is 0.940. The summed E-state index contributed by atoms with van der Waals surface area (Å²) in [6, 6.07) is 5.37. The lowest BCUT2D eigenvalue weighted by Gasteiger charge is -2.15. The van der Waals surface area contributed by atoms with Gasteiger partial charge in [-0.05, 0) is 42.9 Å². The number of hydrogen-bond donors (Lipinski definition) is 3. The monoisotopic (exact) mass is 353 g/mol. The van der Waals surface area contributed by atoms with Crippen LogP contribution in [0.3, 0.4) is 0 Å². The molecule has 0 bridgehead atoms. The number of hydrogen-bond acceptors (Lipinski definition) is 5. The summed E-state index contributed by atoms with van der Waals surface area (Å²) in [5.41, 5.74) is 5.87. The summed E-state index contributed by atoms with van der Waals surface area (Å²) in [4.78, 5) is 11.8. The molecule has 0 fully saturated rings. The van der Waals surface area contributed by atoms with Crippen molar-refractivity contribution >= 4 is 29.3 Å². The van der Waals surface area contributed by atoms with Gasteiger partial charge in [-0.1, -0.05) is 0 Å². The van der Waals surface area contributed by atoms with Crippen molar-refractivity contribution in [1.29, 1.82) is 0 Å². The number of benzene rings is 1. The number of ether oxygens (including phenoxy) is 3. The molecule has 132 valence electrons. The van der Waals surface area contributed by atoms with Crippen LogP contribution in [0, 0.1) is 0 Å². The van der Waals surface area contributed by atoms with E-state index in [2.05, 4.69) is 16.2 Å². The van der Waals surface area contributed by atoms with Crippen molar-refractivity contribution in [1.82, 2.24) is 16.2 Å². The van der Waals surface area contributed by atoms with Crippen LogP contribution in [-0.2, 0) is 9.53 Å². The maximum absolute atomic E-state index is 11.8. The van der Waals surface area contributed by atoms with Gasteiger partial charge in [-0.2, -0.15) is 0 Å². The van der Waals surface area contributed by atoms with E-state index in [0.717, 1.165) is 5.56 Å². The Kier molecular flexibility index (Phi) is 8.59. The van der Waals surface area contributed by atoms with Crippen molar-refractivity contribution in [3.8, 4) is 11.5 Å². The Hall–Kier alpha value is -2.32. The minimum Gasteiger partial charge on any atom is -0.497 e. The fourth-order valence-corrected chi connectivity index (χ4v) is 2.06. The largest absolute Gasteiger partial charge is 0.497 e. The first-order chi connectivity index (χ1) is 11.5. The number of methoxy groups -OCH3 is 3. The molecule has 1 amide bonds. The summed E-state index contributed by atoms with van der Waals surface area (Å²) < 4.78 is 15.3. The minimum atomic E-state index is -0.347. The van der Waals surface area contributed by atoms with E-state index in [4.69, 9.17) is 26.4 Å². The second-order valence-electron chi connectivity index (χ2n) is 4.92. The van der Waals surface area contributed by atoms with E-state index < -0.39 is 0 Å². The van der Waals surface area contributed by atoms with E-state index in [9.17, 15) is 4.79 Å². The molecule has 0 spiro atoms. The zero-order valence-corrected chi connectivity index (χ0v) is 15.0. The molecule has 0 aromatic heterocycles. The second-order valence-corrected chi connectivity index (χ2v) is 5.33. The quantitative estimate of drug-likeness (QED) is 0.387. The molecule has 8 heteroatoms. The Morgan fingerprint density at radius 1 is 1.17 bits per heavy atom. The van der Waals surface area contributed by atoms with Gasteiger partial charge in [-0.3, -0.25) is 15.6 Å². The highest BCUT2D eigenvalue weighted by Crippen LogP contribution is 2.23. The lowest BCUT2D eigenvalue weighted by Crippen LogP contribution is -2.49. The Labute approximate surface area is 147 Å². The number of hydrazine groups is 1. The van der Waals surface area contributed by atoms with E-state index in [1.54, 1.807) is 45.6 Å². The van der Waals surface area contributed by atoms with Crippen molar-refractivity contribution in [2.45, 2.75) is 13.0 Å². The number of carbonyl (C=O) groups is 1. The standard InChI is InChI=1S/C16H23N3O4S/c1-11(10-21-2)17-16(24)19-18-15(20)6-5-12-7-13(22-3)9-14(8-12)23-4/h5-9,11H,10H2,1-4H3,(H,18,20)(H2,17,19,24)/b6-5+/t11-/m0/s1. The van der Waals surface area contributed by atoms with Crippen LogP contribution in [0.1, 0.15) is 12.5 Å². The molecule has 0 aliphatic carbocycles. The first kappa shape index (κ1) is 19.7. The topological polar surface area (TPSA) is 80.9 Å². The van der Waals surface area contributed by atoms with Crippen LogP contribution >= 0.6 is 12.2 Å². The van der Waals surface area contributed by atoms with Gasteiger partial charge in [0, 0.05) is 25.3 Å². The number of rotatable bonds is 7. The maximum Gasteiger partial charge on any atom is 0.262 e. The third kappa shape index (κ3) is 7.30. The van der Waals surface area contributed by atoms with Crippen molar-refractivity contribution in [2.75, 3.05) is 27.9 Å². The van der Waals surface area contributed by atoms with E-state index >= 15 is 0 Å². The molecule has 0 radical (unpaired) electrons. The van der Waals surface area contributed by atoms with Gasteiger partial charge in [-0.15, -0.1) is 0 Å².